The van der Waals surface area contributed by atoms with Crippen LogP contribution in [0.1, 0.15) is 55.6 Å². The third-order valence-corrected chi connectivity index (χ3v) is 7.22. The van der Waals surface area contributed by atoms with Crippen molar-refractivity contribution >= 4 is 28.8 Å². The molecule has 7 nitrogen and oxygen atoms in total. The highest BCUT2D eigenvalue weighted by molar-refractivity contribution is 5.95. The van der Waals surface area contributed by atoms with E-state index in [1.165, 1.54) is 12.7 Å². The Kier molecular flexibility index (Phi) is 5.56. The van der Waals surface area contributed by atoms with Crippen LogP contribution in [0.4, 0.5) is 10.5 Å². The molecule has 0 radical (unpaired) electrons. The number of benzene rings is 2. The van der Waals surface area contributed by atoms with Gasteiger partial charge in [-0.15, -0.1) is 0 Å². The molecular weight excluding hydrogens is 418 g/mol. The van der Waals surface area contributed by atoms with Crippen LogP contribution in [-0.4, -0.2) is 39.9 Å². The number of hydrogen-bond donors (Lipinski definition) is 1. The SMILES string of the molecule is COC(=O)N1c2ccc3c(nc(Cc4ccccc4)n3[C@@H]3CC[C@@H](C(=O)O)C3)c2CC[C@@H]1C. The minimum absolute atomic E-state index is 0.0550. The first-order valence-electron chi connectivity index (χ1n) is 11.6. The second-order valence-electron chi connectivity index (χ2n) is 9.22. The molecule has 2 heterocycles. The van der Waals surface area contributed by atoms with Gasteiger partial charge in [-0.05, 0) is 56.7 Å². The number of aryl methyl sites for hydroxylation is 1. The number of aromatic nitrogens is 2. The predicted molar refractivity (Wildman–Crippen MR) is 126 cm³/mol. The van der Waals surface area contributed by atoms with Gasteiger partial charge >= 0.3 is 12.1 Å². The van der Waals surface area contributed by atoms with E-state index in [0.717, 1.165) is 47.4 Å². The lowest BCUT2D eigenvalue weighted by atomic mass is 9.95. The number of rotatable bonds is 4. The largest absolute Gasteiger partial charge is 0.481 e. The fraction of sp³-hybridized carbons (Fsp3) is 0.423. The maximum Gasteiger partial charge on any atom is 0.414 e. The Bertz CT molecular complexity index is 1200. The highest BCUT2D eigenvalue weighted by atomic mass is 16.5. The molecule has 3 atom stereocenters. The molecule has 1 fully saturated rings. The van der Waals surface area contributed by atoms with Crippen LogP contribution in [0.5, 0.6) is 0 Å². The minimum atomic E-state index is -0.716. The molecule has 5 rings (SSSR count). The molecule has 172 valence electrons. The van der Waals surface area contributed by atoms with Crippen molar-refractivity contribution in [2.45, 2.75) is 57.5 Å². The van der Waals surface area contributed by atoms with E-state index in [9.17, 15) is 14.7 Å². The summed E-state index contributed by atoms with van der Waals surface area (Å²) < 4.78 is 7.33. The number of anilines is 1. The smallest absolute Gasteiger partial charge is 0.414 e. The molecule has 0 saturated heterocycles. The molecule has 7 heteroatoms. The van der Waals surface area contributed by atoms with Crippen molar-refractivity contribution in [1.29, 1.82) is 0 Å². The minimum Gasteiger partial charge on any atom is -0.481 e. The van der Waals surface area contributed by atoms with E-state index in [-0.39, 0.29) is 24.1 Å². The van der Waals surface area contributed by atoms with Gasteiger partial charge in [0.25, 0.3) is 0 Å². The summed E-state index contributed by atoms with van der Waals surface area (Å²) in [6.07, 6.45) is 4.13. The lowest BCUT2D eigenvalue weighted by Crippen LogP contribution is -2.42. The quantitative estimate of drug-likeness (QED) is 0.611. The van der Waals surface area contributed by atoms with Crippen LogP contribution in [0.3, 0.4) is 0 Å². The molecule has 0 bridgehead atoms. The summed E-state index contributed by atoms with van der Waals surface area (Å²) in [5.74, 6) is -0.0826. The summed E-state index contributed by atoms with van der Waals surface area (Å²) >= 11 is 0. The molecule has 1 aliphatic heterocycles. The van der Waals surface area contributed by atoms with E-state index in [1.54, 1.807) is 4.90 Å². The summed E-state index contributed by atoms with van der Waals surface area (Å²) in [7, 11) is 1.41. The standard InChI is InChI=1S/C26H29N3O4/c1-16-8-11-20-21(28(16)26(32)33-2)12-13-22-24(20)27-23(14-17-6-4-3-5-7-17)29(22)19-10-9-18(15-19)25(30)31/h3-7,12-13,16,18-19H,8-11,14-15H2,1-2H3,(H,30,31)/t16-,18+,19+/m0/s1. The summed E-state index contributed by atoms with van der Waals surface area (Å²) in [5, 5.41) is 9.56. The van der Waals surface area contributed by atoms with E-state index in [1.807, 2.05) is 37.3 Å². The number of carboxylic acid groups (broad SMARTS) is 1. The number of fused-ring (bicyclic) bond motifs is 3. The van der Waals surface area contributed by atoms with E-state index < -0.39 is 5.97 Å². The van der Waals surface area contributed by atoms with Gasteiger partial charge in [-0.1, -0.05) is 30.3 Å². The number of imidazole rings is 1. The zero-order valence-corrected chi connectivity index (χ0v) is 19.0. The molecule has 1 aromatic heterocycles. The molecule has 1 saturated carbocycles. The zero-order valence-electron chi connectivity index (χ0n) is 19.0. The number of amides is 1. The van der Waals surface area contributed by atoms with Crippen LogP contribution >= 0.6 is 0 Å². The van der Waals surface area contributed by atoms with Crippen molar-refractivity contribution in [3.63, 3.8) is 0 Å². The Morgan fingerprint density at radius 2 is 1.91 bits per heavy atom. The number of carbonyl (C=O) groups is 2. The van der Waals surface area contributed by atoms with Crippen LogP contribution in [0.25, 0.3) is 11.0 Å². The normalized spacial score (nSPS) is 22.4. The van der Waals surface area contributed by atoms with Crippen molar-refractivity contribution in [2.24, 2.45) is 5.92 Å². The zero-order chi connectivity index (χ0) is 23.1. The molecule has 2 aliphatic rings. The van der Waals surface area contributed by atoms with Crippen LogP contribution in [-0.2, 0) is 22.4 Å². The summed E-state index contributed by atoms with van der Waals surface area (Å²) in [5.41, 5.74) is 5.03. The molecule has 0 spiro atoms. The average molecular weight is 448 g/mol. The maximum atomic E-state index is 12.5. The van der Waals surface area contributed by atoms with Crippen LogP contribution in [0, 0.1) is 5.92 Å². The van der Waals surface area contributed by atoms with Gasteiger partial charge in [0.2, 0.25) is 0 Å². The van der Waals surface area contributed by atoms with Gasteiger partial charge in [0.05, 0.1) is 29.7 Å². The van der Waals surface area contributed by atoms with Gasteiger partial charge in [-0.3, -0.25) is 9.69 Å². The lowest BCUT2D eigenvalue weighted by Gasteiger charge is -2.34. The maximum absolute atomic E-state index is 12.5. The van der Waals surface area contributed by atoms with Crippen LogP contribution in [0.2, 0.25) is 0 Å². The third-order valence-electron chi connectivity index (χ3n) is 7.22. The predicted octanol–water partition coefficient (Wildman–Crippen LogP) is 4.96. The fourth-order valence-electron chi connectivity index (χ4n) is 5.55. The second-order valence-corrected chi connectivity index (χ2v) is 9.22. The highest BCUT2D eigenvalue weighted by Crippen LogP contribution is 2.41. The number of carboxylic acids is 1. The molecule has 2 aromatic carbocycles. The lowest BCUT2D eigenvalue weighted by molar-refractivity contribution is -0.141. The van der Waals surface area contributed by atoms with Gasteiger partial charge in [0.1, 0.15) is 5.82 Å². The van der Waals surface area contributed by atoms with E-state index in [0.29, 0.717) is 19.3 Å². The topological polar surface area (TPSA) is 84.7 Å². The van der Waals surface area contributed by atoms with Crippen LogP contribution in [0.15, 0.2) is 42.5 Å². The highest BCUT2D eigenvalue weighted by Gasteiger charge is 2.35. The Labute approximate surface area is 193 Å². The van der Waals surface area contributed by atoms with Crippen molar-refractivity contribution in [3.05, 3.63) is 59.4 Å². The number of nitrogens with zero attached hydrogens (tertiary/aromatic N) is 3. The molecule has 1 amide bonds. The van der Waals surface area contributed by atoms with E-state index in [2.05, 4.69) is 16.7 Å². The molecule has 33 heavy (non-hydrogen) atoms. The van der Waals surface area contributed by atoms with Gasteiger partial charge in [0, 0.05) is 24.1 Å². The van der Waals surface area contributed by atoms with E-state index >= 15 is 0 Å². The monoisotopic (exact) mass is 447 g/mol. The van der Waals surface area contributed by atoms with Crippen molar-refractivity contribution in [2.75, 3.05) is 12.0 Å². The number of carbonyl (C=O) groups excluding carboxylic acids is 1. The molecule has 1 aliphatic carbocycles. The van der Waals surface area contributed by atoms with Crippen molar-refractivity contribution in [3.8, 4) is 0 Å². The van der Waals surface area contributed by atoms with Crippen molar-refractivity contribution < 1.29 is 19.4 Å². The first-order chi connectivity index (χ1) is 16.0. The molecule has 0 unspecified atom stereocenters. The first kappa shape index (κ1) is 21.5. The Morgan fingerprint density at radius 3 is 2.61 bits per heavy atom. The number of methoxy groups -OCH3 is 1. The Hall–Kier alpha value is -3.35. The summed E-state index contributed by atoms with van der Waals surface area (Å²) in [6, 6.07) is 14.4. The molecule has 3 aromatic rings. The fourth-order valence-corrected chi connectivity index (χ4v) is 5.55. The van der Waals surface area contributed by atoms with Gasteiger partial charge in [-0.25, -0.2) is 9.78 Å². The van der Waals surface area contributed by atoms with E-state index in [4.69, 9.17) is 9.72 Å². The number of aliphatic carboxylic acids is 1. The van der Waals surface area contributed by atoms with Gasteiger partial charge < -0.3 is 14.4 Å². The van der Waals surface area contributed by atoms with Gasteiger partial charge in [0.15, 0.2) is 0 Å². The Balaban J connectivity index is 1.65. The number of hydrogen-bond acceptors (Lipinski definition) is 4. The summed E-state index contributed by atoms with van der Waals surface area (Å²) in [6.45, 7) is 2.04. The molecule has 1 N–H and O–H groups in total. The first-order valence-corrected chi connectivity index (χ1v) is 11.6. The second kappa shape index (κ2) is 8.54. The number of ether oxygens (including phenoxy) is 1. The molecular formula is C26H29N3O4. The average Bonchev–Trinajstić information content (AvgIpc) is 3.43. The third kappa shape index (κ3) is 3.75. The Morgan fingerprint density at radius 1 is 1.12 bits per heavy atom. The summed E-state index contributed by atoms with van der Waals surface area (Å²) in [4.78, 5) is 31.0. The van der Waals surface area contributed by atoms with Crippen LogP contribution < -0.4 is 4.90 Å². The van der Waals surface area contributed by atoms with Gasteiger partial charge in [-0.2, -0.15) is 0 Å². The van der Waals surface area contributed by atoms with Crippen molar-refractivity contribution in [1.82, 2.24) is 9.55 Å².